The van der Waals surface area contributed by atoms with Gasteiger partial charge in [0.25, 0.3) is 0 Å². The van der Waals surface area contributed by atoms with Crippen LogP contribution in [0.3, 0.4) is 0 Å². The zero-order chi connectivity index (χ0) is 18.0. The van der Waals surface area contributed by atoms with Crippen molar-refractivity contribution in [2.75, 3.05) is 5.32 Å². The maximum atomic E-state index is 12.6. The van der Waals surface area contributed by atoms with Crippen LogP contribution < -0.4 is 5.32 Å². The third-order valence-electron chi connectivity index (χ3n) is 3.73. The highest BCUT2D eigenvalue weighted by atomic mass is 79.9. The number of aromatic nitrogens is 2. The molecule has 130 valence electrons. The van der Waals surface area contributed by atoms with E-state index < -0.39 is 11.7 Å². The summed E-state index contributed by atoms with van der Waals surface area (Å²) in [6, 6.07) is 10.9. The van der Waals surface area contributed by atoms with Crippen LogP contribution in [0, 0.1) is 0 Å². The van der Waals surface area contributed by atoms with Gasteiger partial charge in [-0.05, 0) is 35.9 Å². The molecule has 0 amide bonds. The summed E-state index contributed by atoms with van der Waals surface area (Å²) >= 11 is 3.45. The molecule has 0 atom stereocenters. The Kier molecular flexibility index (Phi) is 4.85. The van der Waals surface area contributed by atoms with E-state index in [0.29, 0.717) is 6.54 Å². The van der Waals surface area contributed by atoms with E-state index >= 15 is 0 Å². The van der Waals surface area contributed by atoms with Gasteiger partial charge in [-0.1, -0.05) is 28.1 Å². The minimum atomic E-state index is -4.32. The van der Waals surface area contributed by atoms with Crippen molar-refractivity contribution >= 4 is 21.6 Å². The normalized spacial score (nSPS) is 11.6. The molecule has 0 bridgehead atoms. The van der Waals surface area contributed by atoms with Crippen molar-refractivity contribution in [2.24, 2.45) is 7.05 Å². The number of nitrogens with zero attached hydrogens (tertiary/aromatic N) is 2. The van der Waals surface area contributed by atoms with Crippen LogP contribution in [0.2, 0.25) is 0 Å². The smallest absolute Gasteiger partial charge is 0.380 e. The van der Waals surface area contributed by atoms with Crippen LogP contribution >= 0.6 is 15.9 Å². The van der Waals surface area contributed by atoms with Crippen LogP contribution in [0.5, 0.6) is 0 Å². The lowest BCUT2D eigenvalue weighted by Crippen LogP contribution is -2.06. The summed E-state index contributed by atoms with van der Waals surface area (Å²) in [5, 5.41) is 3.27. The molecule has 25 heavy (non-hydrogen) atoms. The molecule has 0 saturated heterocycles. The first-order valence-corrected chi connectivity index (χ1v) is 8.30. The topological polar surface area (TPSA) is 29.9 Å². The summed E-state index contributed by atoms with van der Waals surface area (Å²) in [4.78, 5) is 4.36. The molecular formula is C18H15BrF3N3. The van der Waals surface area contributed by atoms with Crippen molar-refractivity contribution in [3.63, 3.8) is 0 Å². The molecule has 0 aliphatic heterocycles. The molecule has 0 aliphatic carbocycles. The van der Waals surface area contributed by atoms with E-state index in [2.05, 4.69) is 26.2 Å². The van der Waals surface area contributed by atoms with Gasteiger partial charge >= 0.3 is 6.18 Å². The van der Waals surface area contributed by atoms with Crippen molar-refractivity contribution in [2.45, 2.75) is 12.7 Å². The molecule has 3 rings (SSSR count). The van der Waals surface area contributed by atoms with Crippen LogP contribution in [0.4, 0.5) is 18.9 Å². The third-order valence-corrected chi connectivity index (χ3v) is 4.22. The molecule has 3 nitrogen and oxygen atoms in total. The van der Waals surface area contributed by atoms with E-state index in [1.807, 2.05) is 36.0 Å². The third kappa shape index (κ3) is 4.22. The average molecular weight is 410 g/mol. The Labute approximate surface area is 151 Å². The molecule has 0 fully saturated rings. The fourth-order valence-electron chi connectivity index (χ4n) is 2.44. The monoisotopic (exact) mass is 409 g/mol. The summed E-state index contributed by atoms with van der Waals surface area (Å²) in [5.74, 6) is 0. The highest BCUT2D eigenvalue weighted by Crippen LogP contribution is 2.31. The fraction of sp³-hybridized carbons (Fsp3) is 0.167. The van der Waals surface area contributed by atoms with Gasteiger partial charge in [0.05, 0.1) is 17.6 Å². The van der Waals surface area contributed by atoms with Crippen molar-refractivity contribution in [1.82, 2.24) is 9.55 Å². The predicted octanol–water partition coefficient (Wildman–Crippen LogP) is 5.48. The second kappa shape index (κ2) is 6.92. The van der Waals surface area contributed by atoms with Crippen LogP contribution in [-0.2, 0) is 19.8 Å². The number of hydrogen-bond donors (Lipinski definition) is 1. The highest BCUT2D eigenvalue weighted by Gasteiger charge is 2.29. The van der Waals surface area contributed by atoms with E-state index in [0.717, 1.165) is 39.1 Å². The maximum Gasteiger partial charge on any atom is 0.416 e. The van der Waals surface area contributed by atoms with Crippen LogP contribution in [0.15, 0.2) is 59.5 Å². The zero-order valence-electron chi connectivity index (χ0n) is 13.3. The van der Waals surface area contributed by atoms with Gasteiger partial charge in [0, 0.05) is 35.5 Å². The van der Waals surface area contributed by atoms with Gasteiger partial charge in [-0.3, -0.25) is 0 Å². The van der Waals surface area contributed by atoms with Gasteiger partial charge in [0.1, 0.15) is 0 Å². The molecule has 2 aromatic carbocycles. The largest absolute Gasteiger partial charge is 0.416 e. The minimum absolute atomic E-state index is 0.416. The van der Waals surface area contributed by atoms with Gasteiger partial charge in [-0.15, -0.1) is 0 Å². The second-order valence-corrected chi connectivity index (χ2v) is 6.58. The van der Waals surface area contributed by atoms with Gasteiger partial charge in [0.2, 0.25) is 0 Å². The predicted molar refractivity (Wildman–Crippen MR) is 95.1 cm³/mol. The van der Waals surface area contributed by atoms with Gasteiger partial charge in [-0.25, -0.2) is 4.98 Å². The fourth-order valence-corrected chi connectivity index (χ4v) is 2.80. The molecule has 3 aromatic rings. The Morgan fingerprint density at radius 3 is 2.44 bits per heavy atom. The molecule has 1 aromatic heterocycles. The summed E-state index contributed by atoms with van der Waals surface area (Å²) in [5.41, 5.74) is 2.72. The van der Waals surface area contributed by atoms with Crippen LogP contribution in [-0.4, -0.2) is 9.55 Å². The van der Waals surface area contributed by atoms with Gasteiger partial charge in [-0.2, -0.15) is 13.2 Å². The highest BCUT2D eigenvalue weighted by molar-refractivity contribution is 9.10. The quantitative estimate of drug-likeness (QED) is 0.618. The summed E-state index contributed by atoms with van der Waals surface area (Å²) < 4.78 is 40.6. The molecule has 7 heteroatoms. The average Bonchev–Trinajstić information content (AvgIpc) is 2.99. The van der Waals surface area contributed by atoms with E-state index in [1.165, 1.54) is 12.1 Å². The summed E-state index contributed by atoms with van der Waals surface area (Å²) in [6.07, 6.45) is -0.690. The molecule has 0 aliphatic rings. The first-order valence-electron chi connectivity index (χ1n) is 7.51. The Balaban J connectivity index is 1.79. The van der Waals surface area contributed by atoms with Crippen molar-refractivity contribution in [1.29, 1.82) is 0 Å². The Hall–Kier alpha value is -2.28. The Bertz CT molecular complexity index is 870. The number of rotatable bonds is 4. The van der Waals surface area contributed by atoms with E-state index in [9.17, 15) is 13.2 Å². The first-order chi connectivity index (χ1) is 11.8. The molecule has 0 unspecified atom stereocenters. The standard InChI is InChI=1S/C18H15BrF3N3/c1-25-10-17(24-11-25)15-8-14(19)6-7-16(15)23-9-12-2-4-13(5-3-12)18(20,21)22/h2-8,10-11,23H,9H2,1H3. The Morgan fingerprint density at radius 1 is 1.12 bits per heavy atom. The molecular weight excluding hydrogens is 395 g/mol. The van der Waals surface area contributed by atoms with Gasteiger partial charge < -0.3 is 9.88 Å². The number of alkyl halides is 3. The zero-order valence-corrected chi connectivity index (χ0v) is 14.9. The number of benzene rings is 2. The number of hydrogen-bond acceptors (Lipinski definition) is 2. The van der Waals surface area contributed by atoms with Crippen molar-refractivity contribution in [3.05, 3.63) is 70.6 Å². The SMILES string of the molecule is Cn1cnc(-c2cc(Br)ccc2NCc2ccc(C(F)(F)F)cc2)c1. The minimum Gasteiger partial charge on any atom is -0.380 e. The van der Waals surface area contributed by atoms with Gasteiger partial charge in [0.15, 0.2) is 0 Å². The van der Waals surface area contributed by atoms with E-state index in [4.69, 9.17) is 0 Å². The molecule has 0 radical (unpaired) electrons. The molecule has 1 N–H and O–H groups in total. The van der Waals surface area contributed by atoms with Crippen molar-refractivity contribution in [3.8, 4) is 11.3 Å². The molecule has 0 saturated carbocycles. The number of aryl methyl sites for hydroxylation is 1. The summed E-state index contributed by atoms with van der Waals surface area (Å²) in [7, 11) is 1.89. The van der Waals surface area contributed by atoms with Crippen LogP contribution in [0.25, 0.3) is 11.3 Å². The van der Waals surface area contributed by atoms with E-state index in [-0.39, 0.29) is 0 Å². The lowest BCUT2D eigenvalue weighted by Gasteiger charge is -2.12. The molecule has 0 spiro atoms. The maximum absolute atomic E-state index is 12.6. The van der Waals surface area contributed by atoms with Crippen molar-refractivity contribution < 1.29 is 13.2 Å². The Morgan fingerprint density at radius 2 is 1.84 bits per heavy atom. The first kappa shape index (κ1) is 17.5. The second-order valence-electron chi connectivity index (χ2n) is 5.66. The number of nitrogens with one attached hydrogen (secondary N) is 1. The van der Waals surface area contributed by atoms with Crippen LogP contribution in [0.1, 0.15) is 11.1 Å². The lowest BCUT2D eigenvalue weighted by atomic mass is 10.1. The summed E-state index contributed by atoms with van der Waals surface area (Å²) in [6.45, 7) is 0.416. The number of anilines is 1. The number of halogens is 4. The van der Waals surface area contributed by atoms with E-state index in [1.54, 1.807) is 6.33 Å². The molecule has 1 heterocycles. The lowest BCUT2D eigenvalue weighted by molar-refractivity contribution is -0.137. The number of imidazole rings is 1.